The topological polar surface area (TPSA) is 95.9 Å². The molecule has 0 fully saturated rings. The van der Waals surface area contributed by atoms with Gasteiger partial charge in [-0.05, 0) is 57.8 Å². The molecule has 0 saturated heterocycles. The minimum atomic E-state index is -0.843. The van der Waals surface area contributed by atoms with Gasteiger partial charge in [0.1, 0.15) is 0 Å². The van der Waals surface area contributed by atoms with Crippen LogP contribution in [-0.4, -0.2) is 47.4 Å². The van der Waals surface area contributed by atoms with Gasteiger partial charge in [-0.1, -0.05) is 353 Å². The number of aliphatic hydroxyl groups is 2. The van der Waals surface area contributed by atoms with Crippen LogP contribution < -0.4 is 5.32 Å². The van der Waals surface area contributed by atoms with Crippen molar-refractivity contribution in [3.63, 3.8) is 0 Å². The van der Waals surface area contributed by atoms with Crippen LogP contribution in [0, 0.1) is 0 Å². The number of esters is 1. The zero-order valence-corrected chi connectivity index (χ0v) is 52.9. The van der Waals surface area contributed by atoms with Gasteiger partial charge in [-0.15, -0.1) is 0 Å². The Morgan fingerprint density at radius 3 is 0.910 bits per heavy atom. The summed E-state index contributed by atoms with van der Waals surface area (Å²) in [5, 5.41) is 23.2. The molecule has 6 nitrogen and oxygen atoms in total. The minimum Gasteiger partial charge on any atom is -0.466 e. The Hall–Kier alpha value is -1.66. The van der Waals surface area contributed by atoms with Crippen LogP contribution in [-0.2, 0) is 14.3 Å². The molecule has 0 spiro atoms. The molecule has 0 rings (SSSR count). The molecule has 78 heavy (non-hydrogen) atoms. The molecule has 6 heteroatoms. The standard InChI is InChI=1S/C72H139NO5/c1-3-5-7-9-11-13-15-17-19-20-30-33-37-40-44-48-52-56-60-64-70(75)69(68-74)73-71(76)65-61-57-53-49-45-41-38-34-31-28-26-24-22-21-23-25-27-29-32-35-39-43-47-51-55-59-63-67-78-72(77)66-62-58-54-50-46-42-36-18-16-14-12-10-8-6-4-2/h18,36,60,64,69-70,74-75H,3-17,19-35,37-59,61-63,65-68H2,1-2H3,(H,73,76)/b36-18-,64-60+. The highest BCUT2D eigenvalue weighted by Crippen LogP contribution is 2.19. The van der Waals surface area contributed by atoms with Gasteiger partial charge in [0, 0.05) is 12.8 Å². The van der Waals surface area contributed by atoms with Crippen molar-refractivity contribution in [1.82, 2.24) is 5.32 Å². The Balaban J connectivity index is 3.37. The summed E-state index contributed by atoms with van der Waals surface area (Å²) in [5.74, 6) is -0.0511. The van der Waals surface area contributed by atoms with Crippen molar-refractivity contribution >= 4 is 11.9 Å². The average molecular weight is 1100 g/mol. The van der Waals surface area contributed by atoms with E-state index in [1.165, 1.54) is 327 Å². The lowest BCUT2D eigenvalue weighted by Crippen LogP contribution is -2.45. The second-order valence-electron chi connectivity index (χ2n) is 24.6. The third-order valence-corrected chi connectivity index (χ3v) is 16.7. The number of aliphatic hydroxyl groups excluding tert-OH is 2. The number of carbonyl (C=O) groups is 2. The highest BCUT2D eigenvalue weighted by Gasteiger charge is 2.18. The average Bonchev–Trinajstić information content (AvgIpc) is 3.44. The number of hydrogen-bond acceptors (Lipinski definition) is 5. The summed E-state index contributed by atoms with van der Waals surface area (Å²) in [4.78, 5) is 24.6. The summed E-state index contributed by atoms with van der Waals surface area (Å²) in [6.45, 7) is 4.93. The van der Waals surface area contributed by atoms with Crippen molar-refractivity contribution < 1.29 is 24.5 Å². The van der Waals surface area contributed by atoms with Gasteiger partial charge >= 0.3 is 5.97 Å². The van der Waals surface area contributed by atoms with Crippen LogP contribution >= 0.6 is 0 Å². The quantitative estimate of drug-likeness (QED) is 0.0320. The molecule has 0 aromatic rings. The van der Waals surface area contributed by atoms with Crippen molar-refractivity contribution in [2.24, 2.45) is 0 Å². The molecular formula is C72H139NO5. The number of rotatable bonds is 67. The summed E-state index contributed by atoms with van der Waals surface area (Å²) in [6, 6.07) is -0.626. The Kier molecular flexibility index (Phi) is 66.4. The van der Waals surface area contributed by atoms with Crippen LogP contribution in [0.15, 0.2) is 24.3 Å². The Morgan fingerprint density at radius 1 is 0.346 bits per heavy atom. The predicted molar refractivity (Wildman–Crippen MR) is 343 cm³/mol. The molecule has 0 saturated carbocycles. The summed E-state index contributed by atoms with van der Waals surface area (Å²) < 4.78 is 5.49. The van der Waals surface area contributed by atoms with Gasteiger partial charge in [0.15, 0.2) is 0 Å². The van der Waals surface area contributed by atoms with E-state index in [9.17, 15) is 19.8 Å². The maximum absolute atomic E-state index is 12.5. The molecule has 2 unspecified atom stereocenters. The van der Waals surface area contributed by atoms with E-state index in [0.717, 1.165) is 44.9 Å². The van der Waals surface area contributed by atoms with Crippen LogP contribution in [0.3, 0.4) is 0 Å². The second-order valence-corrected chi connectivity index (χ2v) is 24.6. The fourth-order valence-corrected chi connectivity index (χ4v) is 11.3. The van der Waals surface area contributed by atoms with E-state index in [1.807, 2.05) is 6.08 Å². The minimum absolute atomic E-state index is 0.0105. The van der Waals surface area contributed by atoms with E-state index in [-0.39, 0.29) is 18.5 Å². The molecule has 0 aromatic heterocycles. The third kappa shape index (κ3) is 63.5. The van der Waals surface area contributed by atoms with Crippen molar-refractivity contribution in [2.75, 3.05) is 13.2 Å². The van der Waals surface area contributed by atoms with Crippen LogP contribution in [0.25, 0.3) is 0 Å². The number of amides is 1. The zero-order chi connectivity index (χ0) is 56.4. The molecule has 0 aromatic carbocycles. The maximum atomic E-state index is 12.5. The monoisotopic (exact) mass is 1100 g/mol. The van der Waals surface area contributed by atoms with Crippen molar-refractivity contribution in [1.29, 1.82) is 0 Å². The Labute approximate surface area is 488 Å². The molecule has 462 valence electrons. The highest BCUT2D eigenvalue weighted by molar-refractivity contribution is 5.76. The van der Waals surface area contributed by atoms with E-state index in [0.29, 0.717) is 19.4 Å². The fourth-order valence-electron chi connectivity index (χ4n) is 11.3. The largest absolute Gasteiger partial charge is 0.466 e. The maximum Gasteiger partial charge on any atom is 0.305 e. The SMILES string of the molecule is CCCCCCCC/C=C\CCCCCCCC(=O)OCCCCCCCCCCCCCCCCCCCCCCCCCCCCCC(=O)NC(CO)C(O)/C=C/CCCCCCCCCCCCCCCCCCC. The molecule has 2 atom stereocenters. The number of hydrogen-bond donors (Lipinski definition) is 3. The molecule has 0 radical (unpaired) electrons. The summed E-state index contributed by atoms with van der Waals surface area (Å²) in [7, 11) is 0. The molecule has 0 aliphatic heterocycles. The number of nitrogens with one attached hydrogen (secondary N) is 1. The summed E-state index contributed by atoms with van der Waals surface area (Å²) >= 11 is 0. The highest BCUT2D eigenvalue weighted by atomic mass is 16.5. The lowest BCUT2D eigenvalue weighted by molar-refractivity contribution is -0.143. The first-order chi connectivity index (χ1) is 38.5. The van der Waals surface area contributed by atoms with Crippen molar-refractivity contribution in [3.8, 4) is 0 Å². The van der Waals surface area contributed by atoms with E-state index >= 15 is 0 Å². The first-order valence-electron chi connectivity index (χ1n) is 35.6. The molecule has 1 amide bonds. The lowest BCUT2D eigenvalue weighted by atomic mass is 10.0. The first-order valence-corrected chi connectivity index (χ1v) is 35.6. The van der Waals surface area contributed by atoms with Crippen molar-refractivity contribution in [3.05, 3.63) is 24.3 Å². The van der Waals surface area contributed by atoms with E-state index in [4.69, 9.17) is 4.74 Å². The molecule has 3 N–H and O–H groups in total. The van der Waals surface area contributed by atoms with E-state index in [1.54, 1.807) is 6.08 Å². The smallest absolute Gasteiger partial charge is 0.305 e. The molecule has 0 aliphatic rings. The Morgan fingerprint density at radius 2 is 0.603 bits per heavy atom. The summed E-state index contributed by atoms with van der Waals surface area (Å²) in [6.07, 6.45) is 85.4. The molecule has 0 bridgehead atoms. The van der Waals surface area contributed by atoms with E-state index < -0.39 is 12.1 Å². The van der Waals surface area contributed by atoms with E-state index in [2.05, 4.69) is 31.3 Å². The van der Waals surface area contributed by atoms with Gasteiger partial charge in [0.25, 0.3) is 0 Å². The zero-order valence-electron chi connectivity index (χ0n) is 52.9. The van der Waals surface area contributed by atoms with Gasteiger partial charge in [-0.3, -0.25) is 9.59 Å². The number of ether oxygens (including phenoxy) is 1. The molecular weight excluding hydrogens is 959 g/mol. The van der Waals surface area contributed by atoms with Crippen LogP contribution in [0.5, 0.6) is 0 Å². The number of carbonyl (C=O) groups excluding carboxylic acids is 2. The number of allylic oxidation sites excluding steroid dienone is 3. The predicted octanol–water partition coefficient (Wildman–Crippen LogP) is 22.9. The second kappa shape index (κ2) is 67.8. The Bertz CT molecular complexity index is 1220. The first kappa shape index (κ1) is 76.3. The molecule has 0 aliphatic carbocycles. The van der Waals surface area contributed by atoms with Crippen LogP contribution in [0.4, 0.5) is 0 Å². The lowest BCUT2D eigenvalue weighted by Gasteiger charge is -2.20. The van der Waals surface area contributed by atoms with Gasteiger partial charge in [-0.25, -0.2) is 0 Å². The normalized spacial score (nSPS) is 12.6. The fraction of sp³-hybridized carbons (Fsp3) is 0.917. The van der Waals surface area contributed by atoms with Crippen LogP contribution in [0.1, 0.15) is 399 Å². The molecule has 0 heterocycles. The van der Waals surface area contributed by atoms with Gasteiger partial charge in [0.05, 0.1) is 25.4 Å². The third-order valence-electron chi connectivity index (χ3n) is 16.7. The van der Waals surface area contributed by atoms with Gasteiger partial charge < -0.3 is 20.3 Å². The van der Waals surface area contributed by atoms with Gasteiger partial charge in [0.2, 0.25) is 5.91 Å². The van der Waals surface area contributed by atoms with Crippen LogP contribution in [0.2, 0.25) is 0 Å². The summed E-state index contributed by atoms with van der Waals surface area (Å²) in [5.41, 5.74) is 0. The number of unbranched alkanes of at least 4 members (excludes halogenated alkanes) is 54. The van der Waals surface area contributed by atoms with Gasteiger partial charge in [-0.2, -0.15) is 0 Å². The van der Waals surface area contributed by atoms with Crippen molar-refractivity contribution in [2.45, 2.75) is 411 Å².